The molecule has 0 unspecified atom stereocenters. The van der Waals surface area contributed by atoms with E-state index >= 15 is 0 Å². The highest BCUT2D eigenvalue weighted by molar-refractivity contribution is 5.75. The first-order valence-corrected chi connectivity index (χ1v) is 9.16. The van der Waals surface area contributed by atoms with Gasteiger partial charge in [0.05, 0.1) is 18.6 Å². The Bertz CT molecular complexity index is 464. The molecular weight excluding hydrogens is 286 g/mol. The van der Waals surface area contributed by atoms with Crippen LogP contribution in [0.1, 0.15) is 65.6 Å². The van der Waals surface area contributed by atoms with Crippen LogP contribution in [-0.4, -0.2) is 25.5 Å². The molecule has 1 aromatic heterocycles. The molecule has 1 aliphatic heterocycles. The Morgan fingerprint density at radius 1 is 1.30 bits per heavy atom. The summed E-state index contributed by atoms with van der Waals surface area (Å²) in [6.07, 6.45) is 10.1. The molecule has 0 aliphatic carbocycles. The summed E-state index contributed by atoms with van der Waals surface area (Å²) >= 11 is 0. The summed E-state index contributed by atoms with van der Waals surface area (Å²) in [4.78, 5) is 4.59. The Balaban J connectivity index is 1.95. The molecule has 1 aliphatic rings. The second kappa shape index (κ2) is 8.68. The maximum atomic E-state index is 6.01. The largest absolute Gasteiger partial charge is 0.463 e. The summed E-state index contributed by atoms with van der Waals surface area (Å²) in [6, 6.07) is 3.85. The van der Waals surface area contributed by atoms with E-state index in [-0.39, 0.29) is 0 Å². The Labute approximate surface area is 141 Å². The van der Waals surface area contributed by atoms with Crippen molar-refractivity contribution in [1.29, 1.82) is 0 Å². The van der Waals surface area contributed by atoms with Crippen LogP contribution in [0.15, 0.2) is 27.8 Å². The van der Waals surface area contributed by atoms with Crippen molar-refractivity contribution in [3.63, 3.8) is 0 Å². The second-order valence-electron chi connectivity index (χ2n) is 7.84. The van der Waals surface area contributed by atoms with E-state index < -0.39 is 0 Å². The van der Waals surface area contributed by atoms with Crippen molar-refractivity contribution in [2.24, 2.45) is 22.2 Å². The molecule has 2 atom stereocenters. The predicted octanol–water partition coefficient (Wildman–Crippen LogP) is 5.35. The van der Waals surface area contributed by atoms with Gasteiger partial charge in [-0.3, -0.25) is 4.99 Å². The van der Waals surface area contributed by atoms with Crippen LogP contribution in [0.25, 0.3) is 0 Å². The van der Waals surface area contributed by atoms with Crippen molar-refractivity contribution in [1.82, 2.24) is 0 Å². The highest BCUT2D eigenvalue weighted by Gasteiger charge is 2.37. The third-order valence-corrected chi connectivity index (χ3v) is 5.13. The zero-order chi connectivity index (χ0) is 16.7. The fraction of sp³-hybridized carbons (Fsp3) is 0.750. The third kappa shape index (κ3) is 5.80. The quantitative estimate of drug-likeness (QED) is 0.606. The molecule has 1 fully saturated rings. The highest BCUT2D eigenvalue weighted by Crippen LogP contribution is 2.43. The Hall–Kier alpha value is -1.09. The maximum absolute atomic E-state index is 6.01. The smallest absolute Gasteiger partial charge is 0.144 e. The lowest BCUT2D eigenvalue weighted by molar-refractivity contribution is -0.0755. The molecule has 0 aromatic carbocycles. The van der Waals surface area contributed by atoms with Crippen LogP contribution < -0.4 is 0 Å². The molecule has 0 amide bonds. The van der Waals surface area contributed by atoms with Crippen LogP contribution >= 0.6 is 0 Å². The van der Waals surface area contributed by atoms with Crippen LogP contribution in [0, 0.1) is 17.3 Å². The first-order chi connectivity index (χ1) is 11.0. The zero-order valence-corrected chi connectivity index (χ0v) is 15.3. The van der Waals surface area contributed by atoms with Gasteiger partial charge in [0.15, 0.2) is 0 Å². The van der Waals surface area contributed by atoms with Gasteiger partial charge in [0.2, 0.25) is 0 Å². The summed E-state index contributed by atoms with van der Waals surface area (Å²) in [7, 11) is 0. The number of ether oxygens (including phenoxy) is 1. The van der Waals surface area contributed by atoms with E-state index in [2.05, 4.69) is 32.7 Å². The lowest BCUT2D eigenvalue weighted by Gasteiger charge is -2.43. The summed E-state index contributed by atoms with van der Waals surface area (Å²) in [5.74, 6) is 2.20. The minimum Gasteiger partial charge on any atom is -0.463 e. The third-order valence-electron chi connectivity index (χ3n) is 5.13. The summed E-state index contributed by atoms with van der Waals surface area (Å²) in [5.41, 5.74) is 0.401. The molecule has 1 saturated heterocycles. The molecule has 0 N–H and O–H groups in total. The van der Waals surface area contributed by atoms with Gasteiger partial charge in [-0.05, 0) is 55.1 Å². The fourth-order valence-corrected chi connectivity index (χ4v) is 3.44. The van der Waals surface area contributed by atoms with E-state index in [1.54, 1.807) is 6.26 Å². The summed E-state index contributed by atoms with van der Waals surface area (Å²) < 4.78 is 11.3. The normalized spacial score (nSPS) is 25.7. The molecule has 130 valence electrons. The number of rotatable bonds is 8. The molecule has 3 heteroatoms. The molecule has 0 radical (unpaired) electrons. The van der Waals surface area contributed by atoms with Gasteiger partial charge in [0, 0.05) is 13.2 Å². The van der Waals surface area contributed by atoms with Crippen LogP contribution in [0.3, 0.4) is 0 Å². The van der Waals surface area contributed by atoms with Gasteiger partial charge in [0.1, 0.15) is 5.76 Å². The second-order valence-corrected chi connectivity index (χ2v) is 7.84. The zero-order valence-electron chi connectivity index (χ0n) is 15.3. The molecule has 0 bridgehead atoms. The van der Waals surface area contributed by atoms with Gasteiger partial charge in [-0.1, -0.05) is 34.1 Å². The van der Waals surface area contributed by atoms with E-state index in [1.807, 2.05) is 18.3 Å². The van der Waals surface area contributed by atoms with E-state index in [9.17, 15) is 0 Å². The van der Waals surface area contributed by atoms with Crippen molar-refractivity contribution >= 4 is 6.21 Å². The predicted molar refractivity (Wildman–Crippen MR) is 96.1 cm³/mol. The van der Waals surface area contributed by atoms with Crippen molar-refractivity contribution in [2.45, 2.75) is 65.9 Å². The number of aliphatic imine (C=N–C) groups is 1. The van der Waals surface area contributed by atoms with Crippen molar-refractivity contribution in [2.75, 3.05) is 13.2 Å². The van der Waals surface area contributed by atoms with Crippen molar-refractivity contribution in [3.8, 4) is 0 Å². The van der Waals surface area contributed by atoms with Crippen LogP contribution in [0.4, 0.5) is 0 Å². The van der Waals surface area contributed by atoms with Gasteiger partial charge in [-0.15, -0.1) is 0 Å². The molecule has 2 heterocycles. The number of furan rings is 1. The lowest BCUT2D eigenvalue weighted by atomic mass is 9.69. The van der Waals surface area contributed by atoms with Crippen molar-refractivity contribution < 1.29 is 9.15 Å². The molecule has 3 nitrogen and oxygen atoms in total. The first-order valence-electron chi connectivity index (χ1n) is 9.16. The standard InChI is InChI=1S/C20H33NO2/c1-16(2)7-8-20(10-13-23-19(14-20)17(3)4)9-11-21-15-18-6-5-12-22-18/h5-6,12,15-17,19H,7-11,13-14H2,1-4H3/t19-,20-/m0/s1. The average molecular weight is 319 g/mol. The number of hydrogen-bond donors (Lipinski definition) is 0. The van der Waals surface area contributed by atoms with E-state index in [4.69, 9.17) is 9.15 Å². The Morgan fingerprint density at radius 3 is 2.78 bits per heavy atom. The maximum Gasteiger partial charge on any atom is 0.144 e. The molecular formula is C20H33NO2. The van der Waals surface area contributed by atoms with E-state index in [0.717, 1.165) is 31.3 Å². The Kier molecular flexibility index (Phi) is 6.88. The summed E-state index contributed by atoms with van der Waals surface area (Å²) in [6.45, 7) is 11.0. The van der Waals surface area contributed by atoms with Gasteiger partial charge in [-0.25, -0.2) is 0 Å². The molecule has 2 rings (SSSR count). The molecule has 0 spiro atoms. The van der Waals surface area contributed by atoms with Gasteiger partial charge in [-0.2, -0.15) is 0 Å². The number of nitrogens with zero attached hydrogens (tertiary/aromatic N) is 1. The van der Waals surface area contributed by atoms with E-state index in [1.165, 1.54) is 25.7 Å². The van der Waals surface area contributed by atoms with Gasteiger partial charge < -0.3 is 9.15 Å². The minimum absolute atomic E-state index is 0.401. The summed E-state index contributed by atoms with van der Waals surface area (Å²) in [5, 5.41) is 0. The SMILES string of the molecule is CC(C)CC[C@]1(CCN=Cc2ccco2)CCO[C@H](C(C)C)C1. The number of hydrogen-bond acceptors (Lipinski definition) is 3. The van der Waals surface area contributed by atoms with Gasteiger partial charge in [0.25, 0.3) is 0 Å². The first kappa shape index (κ1) is 18.3. The van der Waals surface area contributed by atoms with Gasteiger partial charge >= 0.3 is 0 Å². The van der Waals surface area contributed by atoms with Crippen molar-refractivity contribution in [3.05, 3.63) is 24.2 Å². The van der Waals surface area contributed by atoms with Crippen LogP contribution in [-0.2, 0) is 4.74 Å². The highest BCUT2D eigenvalue weighted by atomic mass is 16.5. The Morgan fingerprint density at radius 2 is 2.13 bits per heavy atom. The minimum atomic E-state index is 0.401. The average Bonchev–Trinajstić information content (AvgIpc) is 3.03. The molecule has 1 aromatic rings. The van der Waals surface area contributed by atoms with E-state index in [0.29, 0.717) is 17.4 Å². The fourth-order valence-electron chi connectivity index (χ4n) is 3.44. The monoisotopic (exact) mass is 319 g/mol. The van der Waals surface area contributed by atoms with Crippen LogP contribution in [0.2, 0.25) is 0 Å². The topological polar surface area (TPSA) is 34.7 Å². The van der Waals surface area contributed by atoms with Crippen LogP contribution in [0.5, 0.6) is 0 Å². The lowest BCUT2D eigenvalue weighted by Crippen LogP contribution is -2.38. The molecule has 23 heavy (non-hydrogen) atoms. The molecule has 0 saturated carbocycles.